The Morgan fingerprint density at radius 1 is 0.850 bits per heavy atom. The van der Waals surface area contributed by atoms with Crippen molar-refractivity contribution >= 4 is 40.4 Å². The molecule has 0 bridgehead atoms. The Balaban J connectivity index is 1.35. The first kappa shape index (κ1) is 27.7. The van der Waals surface area contributed by atoms with Crippen LogP contribution in [0.1, 0.15) is 56.1 Å². The Labute approximate surface area is 235 Å². The minimum absolute atomic E-state index is 0.0165. The summed E-state index contributed by atoms with van der Waals surface area (Å²) in [5.41, 5.74) is 7.33. The summed E-state index contributed by atoms with van der Waals surface area (Å²) in [5.74, 6) is -3.08. The van der Waals surface area contributed by atoms with Crippen LogP contribution in [0.2, 0.25) is 0 Å². The topological polar surface area (TPSA) is 108 Å². The van der Waals surface area contributed by atoms with Crippen molar-refractivity contribution in [3.05, 3.63) is 81.5 Å². The number of benzene rings is 2. The van der Waals surface area contributed by atoms with E-state index in [9.17, 15) is 23.2 Å². The summed E-state index contributed by atoms with van der Waals surface area (Å²) in [6.07, 6.45) is 3.30. The number of nitrogens with one attached hydrogen (secondary N) is 2. The molecule has 1 aromatic heterocycles. The maximum absolute atomic E-state index is 13.8. The van der Waals surface area contributed by atoms with Crippen LogP contribution < -0.4 is 21.3 Å². The van der Waals surface area contributed by atoms with Crippen molar-refractivity contribution in [3.63, 3.8) is 0 Å². The van der Waals surface area contributed by atoms with Crippen molar-refractivity contribution in [2.24, 2.45) is 5.73 Å². The summed E-state index contributed by atoms with van der Waals surface area (Å²) in [6, 6.07) is 11.8. The van der Waals surface area contributed by atoms with Gasteiger partial charge in [0.25, 0.3) is 17.7 Å². The zero-order valence-corrected chi connectivity index (χ0v) is 22.7. The number of rotatable bonds is 6. The van der Waals surface area contributed by atoms with Gasteiger partial charge >= 0.3 is 0 Å². The minimum Gasteiger partial charge on any atom is -0.366 e. The monoisotopic (exact) mass is 567 g/mol. The molecule has 3 amide bonds. The van der Waals surface area contributed by atoms with Gasteiger partial charge in [-0.3, -0.25) is 14.4 Å². The van der Waals surface area contributed by atoms with Crippen molar-refractivity contribution in [2.75, 3.05) is 36.4 Å². The van der Waals surface area contributed by atoms with E-state index in [1.807, 2.05) is 16.3 Å². The first-order chi connectivity index (χ1) is 19.3. The molecule has 2 aromatic carbocycles. The summed E-state index contributed by atoms with van der Waals surface area (Å²) in [7, 11) is 0. The van der Waals surface area contributed by atoms with E-state index in [0.717, 1.165) is 37.8 Å². The molecule has 4 N–H and O–H groups in total. The van der Waals surface area contributed by atoms with E-state index in [1.54, 1.807) is 29.2 Å². The second-order valence-electron chi connectivity index (χ2n) is 10.2. The van der Waals surface area contributed by atoms with E-state index in [2.05, 4.69) is 10.6 Å². The Kier molecular flexibility index (Phi) is 8.41. The van der Waals surface area contributed by atoms with E-state index in [1.165, 1.54) is 17.4 Å². The van der Waals surface area contributed by atoms with Gasteiger partial charge in [0.1, 0.15) is 0 Å². The Hall–Kier alpha value is -3.83. The SMILES string of the molecule is NC1CCC(NC(=O)c2ccc(N3CCN(C(=O)c4cccs4)CC3)c(NC(=O)c3ccc(F)c(F)c3)c2)CC1. The van der Waals surface area contributed by atoms with Crippen LogP contribution in [0.4, 0.5) is 20.2 Å². The van der Waals surface area contributed by atoms with Crippen molar-refractivity contribution < 1.29 is 23.2 Å². The number of hydrogen-bond acceptors (Lipinski definition) is 6. The molecule has 2 heterocycles. The fraction of sp³-hybridized carbons (Fsp3) is 0.345. The number of carbonyl (C=O) groups is 3. The molecule has 0 unspecified atom stereocenters. The first-order valence-electron chi connectivity index (χ1n) is 13.3. The molecule has 0 atom stereocenters. The summed E-state index contributed by atoms with van der Waals surface area (Å²) in [4.78, 5) is 43.4. The van der Waals surface area contributed by atoms with Crippen LogP contribution >= 0.6 is 11.3 Å². The number of nitrogens with zero attached hydrogens (tertiary/aromatic N) is 2. The van der Waals surface area contributed by atoms with Crippen LogP contribution in [-0.4, -0.2) is 60.9 Å². The van der Waals surface area contributed by atoms with Gasteiger partial charge in [0.15, 0.2) is 11.6 Å². The summed E-state index contributed by atoms with van der Waals surface area (Å²) in [5, 5.41) is 7.71. The predicted molar refractivity (Wildman–Crippen MR) is 151 cm³/mol. The van der Waals surface area contributed by atoms with Crippen molar-refractivity contribution in [1.29, 1.82) is 0 Å². The molecule has 0 radical (unpaired) electrons. The second kappa shape index (κ2) is 12.1. The molecular formula is C29H31F2N5O3S. The number of halogens is 2. The maximum atomic E-state index is 13.8. The third-order valence-corrected chi connectivity index (χ3v) is 8.29. The molecule has 5 rings (SSSR count). The minimum atomic E-state index is -1.13. The molecule has 1 aliphatic heterocycles. The summed E-state index contributed by atoms with van der Waals surface area (Å²) in [6.45, 7) is 2.00. The number of piperazine rings is 1. The number of anilines is 2. The average Bonchev–Trinajstić information content (AvgIpc) is 3.50. The van der Waals surface area contributed by atoms with Crippen LogP contribution in [0, 0.1) is 11.6 Å². The lowest BCUT2D eigenvalue weighted by atomic mass is 9.91. The lowest BCUT2D eigenvalue weighted by Gasteiger charge is -2.37. The third kappa shape index (κ3) is 6.31. The number of hydrogen-bond donors (Lipinski definition) is 3. The molecule has 1 aliphatic carbocycles. The molecule has 8 nitrogen and oxygen atoms in total. The first-order valence-corrected chi connectivity index (χ1v) is 14.2. The standard InChI is InChI=1S/C29H31F2N5O3S/c30-22-9-3-18(16-23(22)31)28(38)34-24-17-19(27(37)33-21-7-5-20(32)6-8-21)4-10-25(24)35-11-13-36(14-12-35)29(39)26-2-1-15-40-26/h1-4,9-10,15-17,20-21H,5-8,11-14,32H2,(H,33,37)(H,34,38). The Bertz CT molecular complexity index is 1380. The van der Waals surface area contributed by atoms with Gasteiger partial charge in [-0.25, -0.2) is 8.78 Å². The largest absolute Gasteiger partial charge is 0.366 e. The zero-order valence-electron chi connectivity index (χ0n) is 21.9. The van der Waals surface area contributed by atoms with Crippen molar-refractivity contribution in [3.8, 4) is 0 Å². The summed E-state index contributed by atoms with van der Waals surface area (Å²) >= 11 is 1.40. The molecule has 11 heteroatoms. The quantitative estimate of drug-likeness (QED) is 0.413. The van der Waals surface area contributed by atoms with Gasteiger partial charge in [-0.1, -0.05) is 6.07 Å². The molecule has 1 saturated heterocycles. The van der Waals surface area contributed by atoms with Crippen LogP contribution in [-0.2, 0) is 0 Å². The highest BCUT2D eigenvalue weighted by Gasteiger charge is 2.26. The summed E-state index contributed by atoms with van der Waals surface area (Å²) < 4.78 is 27.3. The van der Waals surface area contributed by atoms with E-state index in [4.69, 9.17) is 5.73 Å². The fourth-order valence-corrected chi connectivity index (χ4v) is 5.81. The Morgan fingerprint density at radius 3 is 2.23 bits per heavy atom. The predicted octanol–water partition coefficient (Wildman–Crippen LogP) is 4.24. The normalized spacial score (nSPS) is 19.3. The van der Waals surface area contributed by atoms with E-state index in [-0.39, 0.29) is 29.5 Å². The van der Waals surface area contributed by atoms with Gasteiger partial charge in [0, 0.05) is 49.4 Å². The van der Waals surface area contributed by atoms with Crippen LogP contribution in [0.3, 0.4) is 0 Å². The van der Waals surface area contributed by atoms with Crippen LogP contribution in [0.5, 0.6) is 0 Å². The van der Waals surface area contributed by atoms with Gasteiger partial charge < -0.3 is 26.2 Å². The average molecular weight is 568 g/mol. The van der Waals surface area contributed by atoms with Crippen LogP contribution in [0.15, 0.2) is 53.9 Å². The molecule has 210 valence electrons. The molecule has 2 aliphatic rings. The number of thiophene rings is 1. The molecule has 40 heavy (non-hydrogen) atoms. The van der Waals surface area contributed by atoms with E-state index in [0.29, 0.717) is 48.0 Å². The van der Waals surface area contributed by atoms with Gasteiger partial charge in [0.2, 0.25) is 0 Å². The van der Waals surface area contributed by atoms with E-state index < -0.39 is 17.5 Å². The highest BCUT2D eigenvalue weighted by molar-refractivity contribution is 7.12. The molecular weight excluding hydrogens is 536 g/mol. The van der Waals surface area contributed by atoms with Gasteiger partial charge in [-0.05, 0) is 73.5 Å². The second-order valence-corrected chi connectivity index (χ2v) is 11.1. The molecule has 2 fully saturated rings. The van der Waals surface area contributed by atoms with Gasteiger partial charge in [-0.2, -0.15) is 0 Å². The molecule has 3 aromatic rings. The van der Waals surface area contributed by atoms with Gasteiger partial charge in [-0.15, -0.1) is 11.3 Å². The smallest absolute Gasteiger partial charge is 0.264 e. The highest BCUT2D eigenvalue weighted by Crippen LogP contribution is 2.30. The number of carbonyl (C=O) groups excluding carboxylic acids is 3. The maximum Gasteiger partial charge on any atom is 0.264 e. The fourth-order valence-electron chi connectivity index (χ4n) is 5.12. The number of amides is 3. The van der Waals surface area contributed by atoms with Crippen molar-refractivity contribution in [2.45, 2.75) is 37.8 Å². The Morgan fingerprint density at radius 2 is 1.55 bits per heavy atom. The highest BCUT2D eigenvalue weighted by atomic mass is 32.1. The molecule has 1 saturated carbocycles. The van der Waals surface area contributed by atoms with E-state index >= 15 is 0 Å². The zero-order chi connectivity index (χ0) is 28.2. The number of nitrogens with two attached hydrogens (primary N) is 1. The third-order valence-electron chi connectivity index (χ3n) is 7.44. The van der Waals surface area contributed by atoms with Crippen molar-refractivity contribution in [1.82, 2.24) is 10.2 Å². The lowest BCUT2D eigenvalue weighted by Crippen LogP contribution is -2.48. The lowest BCUT2D eigenvalue weighted by molar-refractivity contribution is 0.0751. The van der Waals surface area contributed by atoms with Gasteiger partial charge in [0.05, 0.1) is 16.3 Å². The molecule has 0 spiro atoms. The van der Waals surface area contributed by atoms with Crippen LogP contribution in [0.25, 0.3) is 0 Å².